The number of aromatic carboxylic acids is 1. The van der Waals surface area contributed by atoms with Crippen molar-refractivity contribution in [2.45, 2.75) is 32.2 Å². The van der Waals surface area contributed by atoms with Gasteiger partial charge in [0.2, 0.25) is 0 Å². The summed E-state index contributed by atoms with van der Waals surface area (Å²) in [5, 5.41) is 9.09. The maximum Gasteiger partial charge on any atom is 0.335 e. The Morgan fingerprint density at radius 1 is 1.50 bits per heavy atom. The molecule has 1 aliphatic rings. The van der Waals surface area contributed by atoms with Gasteiger partial charge in [0.1, 0.15) is 5.82 Å². The molecule has 0 spiro atoms. The molecule has 1 unspecified atom stereocenters. The highest BCUT2D eigenvalue weighted by Crippen LogP contribution is 2.30. The van der Waals surface area contributed by atoms with Crippen LogP contribution in [0.1, 0.15) is 48.4 Å². The van der Waals surface area contributed by atoms with E-state index in [1.54, 1.807) is 12.1 Å². The summed E-state index contributed by atoms with van der Waals surface area (Å²) in [6, 6.07) is 5.45. The van der Waals surface area contributed by atoms with E-state index in [1.165, 1.54) is 0 Å². The summed E-state index contributed by atoms with van der Waals surface area (Å²) in [6.45, 7) is 5.68. The van der Waals surface area contributed by atoms with Crippen LogP contribution in [-0.4, -0.2) is 33.8 Å². The number of carbonyl (C=O) groups is 1. The molecule has 0 bridgehead atoms. The average molecular weight is 274 g/mol. The lowest BCUT2D eigenvalue weighted by Crippen LogP contribution is -2.13. The summed E-state index contributed by atoms with van der Waals surface area (Å²) >= 11 is 0. The molecule has 1 N–H and O–H groups in total. The lowest BCUT2D eigenvalue weighted by atomic mass is 10.1. The molecule has 5 heteroatoms. The number of ether oxygens (including phenoxy) is 1. The molecular weight excluding hydrogens is 256 g/mol. The van der Waals surface area contributed by atoms with Crippen LogP contribution in [0.5, 0.6) is 0 Å². The number of carboxylic acid groups (broad SMARTS) is 1. The zero-order valence-corrected chi connectivity index (χ0v) is 11.7. The quantitative estimate of drug-likeness (QED) is 0.934. The first-order valence-corrected chi connectivity index (χ1v) is 6.91. The Morgan fingerprint density at radius 2 is 2.30 bits per heavy atom. The second-order valence-corrected chi connectivity index (χ2v) is 5.52. The minimum atomic E-state index is -0.920. The second-order valence-electron chi connectivity index (χ2n) is 5.52. The van der Waals surface area contributed by atoms with Gasteiger partial charge in [-0.1, -0.05) is 13.8 Å². The standard InChI is InChI=1S/C15H18N2O3/c1-9(2)14-16-12-7-10(15(18)19)3-4-13(12)17(14)11-5-6-20-8-11/h3-4,7,9,11H,5-6,8H2,1-2H3,(H,18,19). The number of hydrogen-bond acceptors (Lipinski definition) is 3. The highest BCUT2D eigenvalue weighted by atomic mass is 16.5. The molecular formula is C15H18N2O3. The number of imidazole rings is 1. The van der Waals surface area contributed by atoms with Crippen molar-refractivity contribution in [2.75, 3.05) is 13.2 Å². The topological polar surface area (TPSA) is 64.3 Å². The van der Waals surface area contributed by atoms with Gasteiger partial charge in [-0.05, 0) is 24.6 Å². The highest BCUT2D eigenvalue weighted by Gasteiger charge is 2.24. The Labute approximate surface area is 117 Å². The molecule has 0 amide bonds. The van der Waals surface area contributed by atoms with E-state index < -0.39 is 5.97 Å². The van der Waals surface area contributed by atoms with Gasteiger partial charge in [0, 0.05) is 12.5 Å². The smallest absolute Gasteiger partial charge is 0.335 e. The molecule has 0 saturated carbocycles. The van der Waals surface area contributed by atoms with Crippen LogP contribution in [0.2, 0.25) is 0 Å². The molecule has 2 heterocycles. The number of fused-ring (bicyclic) bond motifs is 1. The van der Waals surface area contributed by atoms with E-state index in [2.05, 4.69) is 23.4 Å². The van der Waals surface area contributed by atoms with Crippen molar-refractivity contribution in [3.8, 4) is 0 Å². The van der Waals surface area contributed by atoms with Gasteiger partial charge in [0.25, 0.3) is 0 Å². The van der Waals surface area contributed by atoms with Gasteiger partial charge in [-0.25, -0.2) is 9.78 Å². The van der Waals surface area contributed by atoms with Gasteiger partial charge in [-0.2, -0.15) is 0 Å². The van der Waals surface area contributed by atoms with E-state index >= 15 is 0 Å². The molecule has 2 aromatic rings. The Hall–Kier alpha value is -1.88. The predicted octanol–water partition coefficient (Wildman–Crippen LogP) is 2.82. The van der Waals surface area contributed by atoms with Crippen LogP contribution in [-0.2, 0) is 4.74 Å². The third-order valence-electron chi connectivity index (χ3n) is 3.75. The molecule has 0 aliphatic carbocycles. The summed E-state index contributed by atoms with van der Waals surface area (Å²) < 4.78 is 7.70. The molecule has 20 heavy (non-hydrogen) atoms. The maximum absolute atomic E-state index is 11.1. The van der Waals surface area contributed by atoms with Crippen molar-refractivity contribution >= 4 is 17.0 Å². The fraction of sp³-hybridized carbons (Fsp3) is 0.467. The van der Waals surface area contributed by atoms with Gasteiger partial charge in [0.05, 0.1) is 29.2 Å². The van der Waals surface area contributed by atoms with Crippen LogP contribution in [0, 0.1) is 0 Å². The minimum Gasteiger partial charge on any atom is -0.478 e. The molecule has 5 nitrogen and oxygen atoms in total. The molecule has 1 aromatic heterocycles. The fourth-order valence-corrected chi connectivity index (χ4v) is 2.77. The van der Waals surface area contributed by atoms with E-state index in [-0.39, 0.29) is 11.5 Å². The zero-order chi connectivity index (χ0) is 14.3. The van der Waals surface area contributed by atoms with Gasteiger partial charge >= 0.3 is 5.97 Å². The van der Waals surface area contributed by atoms with Crippen molar-refractivity contribution < 1.29 is 14.6 Å². The van der Waals surface area contributed by atoms with Crippen LogP contribution in [0.4, 0.5) is 0 Å². The number of rotatable bonds is 3. The summed E-state index contributed by atoms with van der Waals surface area (Å²) in [7, 11) is 0. The number of hydrogen-bond donors (Lipinski definition) is 1. The van der Waals surface area contributed by atoms with Crippen LogP contribution >= 0.6 is 0 Å². The molecule has 0 radical (unpaired) electrons. The number of aromatic nitrogens is 2. The lowest BCUT2D eigenvalue weighted by molar-refractivity contribution is 0.0697. The monoisotopic (exact) mass is 274 g/mol. The largest absolute Gasteiger partial charge is 0.478 e. The van der Waals surface area contributed by atoms with Crippen molar-refractivity contribution in [3.05, 3.63) is 29.6 Å². The predicted molar refractivity (Wildman–Crippen MR) is 75.3 cm³/mol. The Kier molecular flexibility index (Phi) is 3.22. The number of carboxylic acids is 1. The molecule has 1 aromatic carbocycles. The van der Waals surface area contributed by atoms with E-state index in [0.29, 0.717) is 12.6 Å². The van der Waals surface area contributed by atoms with Gasteiger partial charge < -0.3 is 14.4 Å². The van der Waals surface area contributed by atoms with Crippen LogP contribution in [0.15, 0.2) is 18.2 Å². The maximum atomic E-state index is 11.1. The van der Waals surface area contributed by atoms with Gasteiger partial charge in [-0.15, -0.1) is 0 Å². The van der Waals surface area contributed by atoms with Crippen molar-refractivity contribution in [1.29, 1.82) is 0 Å². The Bertz CT molecular complexity index is 654. The molecule has 1 aliphatic heterocycles. The molecule has 106 valence electrons. The summed E-state index contributed by atoms with van der Waals surface area (Å²) in [6.07, 6.45) is 0.978. The van der Waals surface area contributed by atoms with Gasteiger partial charge in [-0.3, -0.25) is 0 Å². The Morgan fingerprint density at radius 3 is 2.90 bits per heavy atom. The van der Waals surface area contributed by atoms with E-state index in [0.717, 1.165) is 29.9 Å². The molecule has 1 fully saturated rings. The second kappa shape index (κ2) is 4.90. The van der Waals surface area contributed by atoms with Crippen molar-refractivity contribution in [1.82, 2.24) is 9.55 Å². The first-order chi connectivity index (χ1) is 9.58. The van der Waals surface area contributed by atoms with Crippen molar-refractivity contribution in [3.63, 3.8) is 0 Å². The summed E-state index contributed by atoms with van der Waals surface area (Å²) in [5.41, 5.74) is 2.02. The summed E-state index contributed by atoms with van der Waals surface area (Å²) in [4.78, 5) is 15.7. The number of nitrogens with zero attached hydrogens (tertiary/aromatic N) is 2. The average Bonchev–Trinajstić information content (AvgIpc) is 3.03. The third kappa shape index (κ3) is 2.08. The zero-order valence-electron chi connectivity index (χ0n) is 11.7. The third-order valence-corrected chi connectivity index (χ3v) is 3.75. The lowest BCUT2D eigenvalue weighted by Gasteiger charge is -2.16. The molecule has 1 saturated heterocycles. The van der Waals surface area contributed by atoms with Crippen LogP contribution < -0.4 is 0 Å². The van der Waals surface area contributed by atoms with E-state index in [1.807, 2.05) is 6.07 Å². The minimum absolute atomic E-state index is 0.278. The first kappa shape index (κ1) is 13.1. The normalized spacial score (nSPS) is 19.1. The van der Waals surface area contributed by atoms with Gasteiger partial charge in [0.15, 0.2) is 0 Å². The fourth-order valence-electron chi connectivity index (χ4n) is 2.77. The summed E-state index contributed by atoms with van der Waals surface area (Å²) in [5.74, 6) is 0.367. The number of benzene rings is 1. The first-order valence-electron chi connectivity index (χ1n) is 6.91. The van der Waals surface area contributed by atoms with E-state index in [4.69, 9.17) is 9.84 Å². The van der Waals surface area contributed by atoms with Crippen LogP contribution in [0.25, 0.3) is 11.0 Å². The van der Waals surface area contributed by atoms with Crippen LogP contribution in [0.3, 0.4) is 0 Å². The van der Waals surface area contributed by atoms with E-state index in [9.17, 15) is 4.79 Å². The Balaban J connectivity index is 2.19. The SMILES string of the molecule is CC(C)c1nc2cc(C(=O)O)ccc2n1C1CCOC1. The van der Waals surface area contributed by atoms with Crippen molar-refractivity contribution in [2.24, 2.45) is 0 Å². The highest BCUT2D eigenvalue weighted by molar-refractivity contribution is 5.92. The molecule has 1 atom stereocenters. The molecule has 3 rings (SSSR count).